The Balaban J connectivity index is 1.85. The quantitative estimate of drug-likeness (QED) is 0.670. The predicted molar refractivity (Wildman–Crippen MR) is 89.1 cm³/mol. The summed E-state index contributed by atoms with van der Waals surface area (Å²) in [4.78, 5) is 5.19. The molecule has 1 N–H and O–H groups in total. The molecule has 2 aromatic carbocycles. The van der Waals surface area contributed by atoms with Gasteiger partial charge >= 0.3 is 0 Å². The fourth-order valence-corrected chi connectivity index (χ4v) is 3.10. The zero-order chi connectivity index (χ0) is 13.2. The second-order valence-corrected chi connectivity index (χ2v) is 6.30. The number of fused-ring (bicyclic) bond motifs is 1. The van der Waals surface area contributed by atoms with Crippen molar-refractivity contribution in [1.82, 2.24) is 4.98 Å². The highest BCUT2D eigenvalue weighted by molar-refractivity contribution is 9.10. The van der Waals surface area contributed by atoms with Crippen LogP contribution in [0.1, 0.15) is 5.01 Å². The third kappa shape index (κ3) is 2.83. The molecule has 1 heterocycles. The van der Waals surface area contributed by atoms with Crippen LogP contribution in [0.4, 0.5) is 5.69 Å². The number of hydrogen-bond donors (Lipinski definition) is 1. The van der Waals surface area contributed by atoms with E-state index >= 15 is 0 Å². The second kappa shape index (κ2) is 5.36. The van der Waals surface area contributed by atoms with Crippen molar-refractivity contribution in [2.75, 3.05) is 5.32 Å². The molecule has 0 saturated carbocycles. The average molecular weight is 349 g/mol. The number of benzene rings is 2. The van der Waals surface area contributed by atoms with Gasteiger partial charge in [0.1, 0.15) is 4.99 Å². The summed E-state index contributed by atoms with van der Waals surface area (Å²) in [6, 6.07) is 15.9. The van der Waals surface area contributed by atoms with Gasteiger partial charge in [-0.05, 0) is 36.4 Å². The number of hydrogen-bond acceptors (Lipinski definition) is 3. The summed E-state index contributed by atoms with van der Waals surface area (Å²) >= 11 is 10.4. The van der Waals surface area contributed by atoms with Crippen LogP contribution in [0.15, 0.2) is 53.0 Å². The minimum atomic E-state index is 0.656. The number of halogens is 1. The van der Waals surface area contributed by atoms with Gasteiger partial charge in [-0.1, -0.05) is 40.3 Å². The molecule has 94 valence electrons. The van der Waals surface area contributed by atoms with Crippen molar-refractivity contribution in [1.29, 1.82) is 0 Å². The maximum absolute atomic E-state index is 5.40. The zero-order valence-corrected chi connectivity index (χ0v) is 13.0. The maximum Gasteiger partial charge on any atom is 0.152 e. The molecule has 2 nitrogen and oxygen atoms in total. The number of nitrogens with one attached hydrogen (secondary N) is 1. The molecule has 0 bridgehead atoms. The van der Waals surface area contributed by atoms with E-state index in [-0.39, 0.29) is 0 Å². The van der Waals surface area contributed by atoms with Gasteiger partial charge in [0.15, 0.2) is 5.01 Å². The van der Waals surface area contributed by atoms with Gasteiger partial charge in [0, 0.05) is 10.2 Å². The Bertz CT molecular complexity index is 702. The largest absolute Gasteiger partial charge is 0.344 e. The Morgan fingerprint density at radius 1 is 1.11 bits per heavy atom. The molecule has 0 amide bonds. The first kappa shape index (κ1) is 12.7. The lowest BCUT2D eigenvalue weighted by Gasteiger charge is -2.04. The van der Waals surface area contributed by atoms with E-state index in [4.69, 9.17) is 12.2 Å². The number of thiazole rings is 1. The lowest BCUT2D eigenvalue weighted by Crippen LogP contribution is -2.09. The summed E-state index contributed by atoms with van der Waals surface area (Å²) in [7, 11) is 0. The van der Waals surface area contributed by atoms with Crippen LogP contribution in [0.5, 0.6) is 0 Å². The third-order valence-electron chi connectivity index (χ3n) is 2.59. The average Bonchev–Trinajstić information content (AvgIpc) is 2.85. The number of para-hydroxylation sites is 1. The van der Waals surface area contributed by atoms with Gasteiger partial charge in [0.25, 0.3) is 0 Å². The molecule has 0 radical (unpaired) electrons. The standard InChI is InChI=1S/C14H9BrN2S2/c15-9-5-7-10(8-6-9)16-13(18)14-17-11-3-1-2-4-12(11)19-14/h1-8H,(H,16,18). The summed E-state index contributed by atoms with van der Waals surface area (Å²) < 4.78 is 2.20. The van der Waals surface area contributed by atoms with E-state index in [2.05, 4.69) is 32.3 Å². The Morgan fingerprint density at radius 3 is 2.58 bits per heavy atom. The van der Waals surface area contributed by atoms with Crippen molar-refractivity contribution < 1.29 is 0 Å². The first-order chi connectivity index (χ1) is 9.22. The van der Waals surface area contributed by atoms with Crippen molar-refractivity contribution in [2.45, 2.75) is 0 Å². The summed E-state index contributed by atoms with van der Waals surface area (Å²) in [5.41, 5.74) is 1.95. The minimum absolute atomic E-state index is 0.656. The number of nitrogens with zero attached hydrogens (tertiary/aromatic N) is 1. The van der Waals surface area contributed by atoms with Crippen molar-refractivity contribution in [2.24, 2.45) is 0 Å². The molecule has 3 aromatic rings. The third-order valence-corrected chi connectivity index (χ3v) is 4.60. The molecule has 0 atom stereocenters. The fourth-order valence-electron chi connectivity index (χ4n) is 1.69. The molecule has 0 fully saturated rings. The highest BCUT2D eigenvalue weighted by atomic mass is 79.9. The Hall–Kier alpha value is -1.30. The molecule has 0 aliphatic heterocycles. The van der Waals surface area contributed by atoms with Crippen molar-refractivity contribution >= 4 is 60.4 Å². The Labute approximate surface area is 128 Å². The first-order valence-corrected chi connectivity index (χ1v) is 7.67. The summed E-state index contributed by atoms with van der Waals surface area (Å²) in [6.45, 7) is 0. The molecular formula is C14H9BrN2S2. The van der Waals surface area contributed by atoms with Crippen LogP contribution in [0.25, 0.3) is 10.2 Å². The number of anilines is 1. The van der Waals surface area contributed by atoms with Crippen LogP contribution in [0.3, 0.4) is 0 Å². The van der Waals surface area contributed by atoms with E-state index in [0.717, 1.165) is 25.4 Å². The van der Waals surface area contributed by atoms with Gasteiger partial charge in [-0.15, -0.1) is 11.3 Å². The van der Waals surface area contributed by atoms with E-state index < -0.39 is 0 Å². The van der Waals surface area contributed by atoms with Crippen molar-refractivity contribution in [3.63, 3.8) is 0 Å². The molecule has 1 aromatic heterocycles. The molecule has 19 heavy (non-hydrogen) atoms. The molecule has 0 aliphatic carbocycles. The summed E-state index contributed by atoms with van der Waals surface area (Å²) in [5.74, 6) is 0. The monoisotopic (exact) mass is 348 g/mol. The minimum Gasteiger partial charge on any atom is -0.344 e. The summed E-state index contributed by atoms with van der Waals surface area (Å²) in [6.07, 6.45) is 0. The zero-order valence-electron chi connectivity index (χ0n) is 9.76. The number of aromatic nitrogens is 1. The molecule has 0 aliphatic rings. The molecule has 0 saturated heterocycles. The van der Waals surface area contributed by atoms with Crippen LogP contribution in [0, 0.1) is 0 Å². The maximum atomic E-state index is 5.40. The topological polar surface area (TPSA) is 24.9 Å². The number of rotatable bonds is 2. The Morgan fingerprint density at radius 2 is 1.84 bits per heavy atom. The van der Waals surface area contributed by atoms with E-state index in [1.165, 1.54) is 0 Å². The predicted octanol–water partition coefficient (Wildman–Crippen LogP) is 4.85. The van der Waals surface area contributed by atoms with Crippen LogP contribution in [0.2, 0.25) is 0 Å². The van der Waals surface area contributed by atoms with E-state index in [9.17, 15) is 0 Å². The van der Waals surface area contributed by atoms with Crippen molar-refractivity contribution in [3.05, 3.63) is 58.0 Å². The van der Waals surface area contributed by atoms with Gasteiger partial charge in [0.05, 0.1) is 10.2 Å². The second-order valence-electron chi connectivity index (χ2n) is 3.95. The van der Waals surface area contributed by atoms with Gasteiger partial charge < -0.3 is 5.32 Å². The van der Waals surface area contributed by atoms with Crippen LogP contribution >= 0.6 is 39.5 Å². The van der Waals surface area contributed by atoms with E-state index in [0.29, 0.717) is 4.99 Å². The van der Waals surface area contributed by atoms with E-state index in [1.54, 1.807) is 11.3 Å². The van der Waals surface area contributed by atoms with Crippen LogP contribution in [-0.2, 0) is 0 Å². The lowest BCUT2D eigenvalue weighted by atomic mass is 10.3. The molecule has 0 unspecified atom stereocenters. The van der Waals surface area contributed by atoms with E-state index in [1.807, 2.05) is 42.5 Å². The van der Waals surface area contributed by atoms with Gasteiger partial charge in [-0.25, -0.2) is 4.98 Å². The highest BCUT2D eigenvalue weighted by Crippen LogP contribution is 2.23. The van der Waals surface area contributed by atoms with Crippen LogP contribution in [-0.4, -0.2) is 9.97 Å². The lowest BCUT2D eigenvalue weighted by molar-refractivity contribution is 1.46. The smallest absolute Gasteiger partial charge is 0.152 e. The van der Waals surface area contributed by atoms with Crippen molar-refractivity contribution in [3.8, 4) is 0 Å². The van der Waals surface area contributed by atoms with Gasteiger partial charge in [0.2, 0.25) is 0 Å². The molecule has 0 spiro atoms. The summed E-state index contributed by atoms with van der Waals surface area (Å²) in [5, 5.41) is 4.05. The fraction of sp³-hybridized carbons (Fsp3) is 0. The molecular weight excluding hydrogens is 340 g/mol. The Kier molecular flexibility index (Phi) is 3.59. The highest BCUT2D eigenvalue weighted by Gasteiger charge is 2.08. The number of thiocarbonyl (C=S) groups is 1. The first-order valence-electron chi connectivity index (χ1n) is 5.65. The van der Waals surface area contributed by atoms with Crippen LogP contribution < -0.4 is 5.32 Å². The van der Waals surface area contributed by atoms with Gasteiger partial charge in [-0.3, -0.25) is 0 Å². The SMILES string of the molecule is S=C(Nc1ccc(Br)cc1)c1nc2ccccc2s1. The molecule has 3 rings (SSSR count). The normalized spacial score (nSPS) is 10.6. The van der Waals surface area contributed by atoms with Gasteiger partial charge in [-0.2, -0.15) is 0 Å². The molecule has 5 heteroatoms.